The molecule has 1 aromatic rings. The highest BCUT2D eigenvalue weighted by Crippen LogP contribution is 2.31. The van der Waals surface area contributed by atoms with E-state index in [2.05, 4.69) is 15.9 Å². The van der Waals surface area contributed by atoms with Crippen LogP contribution in [0.25, 0.3) is 0 Å². The fourth-order valence-electron chi connectivity index (χ4n) is 1.09. The second-order valence-electron chi connectivity index (χ2n) is 2.49. The van der Waals surface area contributed by atoms with Crippen molar-refractivity contribution >= 4 is 15.9 Å². The van der Waals surface area contributed by atoms with Crippen LogP contribution in [0.5, 0.6) is 11.5 Å². The summed E-state index contributed by atoms with van der Waals surface area (Å²) in [4.78, 5) is 0. The van der Waals surface area contributed by atoms with E-state index in [1.165, 1.54) is 0 Å². The van der Waals surface area contributed by atoms with E-state index in [9.17, 15) is 0 Å². The van der Waals surface area contributed by atoms with Crippen LogP contribution < -0.4 is 15.2 Å². The summed E-state index contributed by atoms with van der Waals surface area (Å²) in [7, 11) is 3.23. The minimum Gasteiger partial charge on any atom is -0.497 e. The molecule has 0 heterocycles. The van der Waals surface area contributed by atoms with Crippen molar-refractivity contribution in [1.29, 1.82) is 0 Å². The zero-order valence-electron chi connectivity index (χ0n) is 7.63. The van der Waals surface area contributed by atoms with E-state index >= 15 is 0 Å². The van der Waals surface area contributed by atoms with Crippen molar-refractivity contribution in [3.05, 3.63) is 22.2 Å². The average molecular weight is 246 g/mol. The lowest BCUT2D eigenvalue weighted by Gasteiger charge is -2.10. The first-order valence-corrected chi connectivity index (χ1v) is 4.62. The lowest BCUT2D eigenvalue weighted by Crippen LogP contribution is -2.01. The Hall–Kier alpha value is -0.740. The predicted octanol–water partition coefficient (Wildman–Crippen LogP) is 1.92. The summed E-state index contributed by atoms with van der Waals surface area (Å²) in [5, 5.41) is 0. The summed E-state index contributed by atoms with van der Waals surface area (Å²) in [6, 6.07) is 3.68. The maximum absolute atomic E-state index is 5.57. The number of benzene rings is 1. The third-order valence-electron chi connectivity index (χ3n) is 1.79. The minimum absolute atomic E-state index is 0.438. The molecule has 0 fully saturated rings. The Bertz CT molecular complexity index is 302. The van der Waals surface area contributed by atoms with Crippen LogP contribution >= 0.6 is 15.9 Å². The van der Waals surface area contributed by atoms with Gasteiger partial charge in [-0.15, -0.1) is 0 Å². The fraction of sp³-hybridized carbons (Fsp3) is 0.333. The standard InChI is InChI=1S/C9H12BrNO2/c1-12-6-3-8(10)7(5-11)9(4-6)13-2/h3-4H,5,11H2,1-2H3. The average Bonchev–Trinajstić information content (AvgIpc) is 2.16. The zero-order valence-corrected chi connectivity index (χ0v) is 9.22. The van der Waals surface area contributed by atoms with Crippen molar-refractivity contribution in [3.63, 3.8) is 0 Å². The minimum atomic E-state index is 0.438. The Morgan fingerprint density at radius 2 is 2.00 bits per heavy atom. The molecular weight excluding hydrogens is 234 g/mol. The molecule has 0 radical (unpaired) electrons. The number of hydrogen-bond donors (Lipinski definition) is 1. The van der Waals surface area contributed by atoms with Crippen LogP contribution in [0.4, 0.5) is 0 Å². The molecule has 0 aliphatic heterocycles. The molecule has 0 atom stereocenters. The van der Waals surface area contributed by atoms with Gasteiger partial charge in [0.15, 0.2) is 0 Å². The van der Waals surface area contributed by atoms with Crippen LogP contribution in [0.15, 0.2) is 16.6 Å². The molecule has 0 aliphatic carbocycles. The van der Waals surface area contributed by atoms with E-state index in [-0.39, 0.29) is 0 Å². The van der Waals surface area contributed by atoms with Crippen LogP contribution in [-0.2, 0) is 6.54 Å². The maximum Gasteiger partial charge on any atom is 0.128 e. The van der Waals surface area contributed by atoms with E-state index in [0.29, 0.717) is 6.54 Å². The summed E-state index contributed by atoms with van der Waals surface area (Å²) in [6.45, 7) is 0.438. The van der Waals surface area contributed by atoms with E-state index in [1.807, 2.05) is 12.1 Å². The predicted molar refractivity (Wildman–Crippen MR) is 55.1 cm³/mol. The summed E-state index contributed by atoms with van der Waals surface area (Å²) < 4.78 is 11.2. The van der Waals surface area contributed by atoms with Crippen LogP contribution in [0.1, 0.15) is 5.56 Å². The van der Waals surface area contributed by atoms with Gasteiger partial charge in [-0.1, -0.05) is 15.9 Å². The molecule has 0 aliphatic rings. The molecule has 0 saturated carbocycles. The van der Waals surface area contributed by atoms with Crippen molar-refractivity contribution in [3.8, 4) is 11.5 Å². The highest BCUT2D eigenvalue weighted by molar-refractivity contribution is 9.10. The van der Waals surface area contributed by atoms with Crippen LogP contribution in [0.2, 0.25) is 0 Å². The van der Waals surface area contributed by atoms with Gasteiger partial charge < -0.3 is 15.2 Å². The van der Waals surface area contributed by atoms with E-state index in [0.717, 1.165) is 21.5 Å². The van der Waals surface area contributed by atoms with Gasteiger partial charge in [0, 0.05) is 22.6 Å². The Balaban J connectivity index is 3.20. The Kier molecular flexibility index (Phi) is 3.57. The number of nitrogens with two attached hydrogens (primary N) is 1. The first-order valence-electron chi connectivity index (χ1n) is 3.83. The van der Waals surface area contributed by atoms with Gasteiger partial charge in [0.2, 0.25) is 0 Å². The summed E-state index contributed by atoms with van der Waals surface area (Å²) in [6.07, 6.45) is 0. The molecule has 0 aromatic heterocycles. The molecule has 0 amide bonds. The first kappa shape index (κ1) is 10.3. The third-order valence-corrected chi connectivity index (χ3v) is 2.50. The van der Waals surface area contributed by atoms with E-state index in [1.54, 1.807) is 14.2 Å². The van der Waals surface area contributed by atoms with Gasteiger partial charge in [-0.3, -0.25) is 0 Å². The summed E-state index contributed by atoms with van der Waals surface area (Å²) in [5.74, 6) is 1.50. The second-order valence-corrected chi connectivity index (χ2v) is 3.35. The van der Waals surface area contributed by atoms with E-state index < -0.39 is 0 Å². The van der Waals surface area contributed by atoms with Crippen LogP contribution in [-0.4, -0.2) is 14.2 Å². The molecule has 72 valence electrons. The molecule has 1 rings (SSSR count). The number of ether oxygens (including phenoxy) is 2. The van der Waals surface area contributed by atoms with Gasteiger partial charge in [-0.25, -0.2) is 0 Å². The van der Waals surface area contributed by atoms with Gasteiger partial charge in [0.25, 0.3) is 0 Å². The van der Waals surface area contributed by atoms with Crippen molar-refractivity contribution in [2.75, 3.05) is 14.2 Å². The van der Waals surface area contributed by atoms with Gasteiger partial charge in [0.1, 0.15) is 11.5 Å². The molecule has 0 spiro atoms. The van der Waals surface area contributed by atoms with Gasteiger partial charge in [-0.2, -0.15) is 0 Å². The fourth-order valence-corrected chi connectivity index (χ4v) is 1.67. The Morgan fingerprint density at radius 1 is 1.31 bits per heavy atom. The highest BCUT2D eigenvalue weighted by Gasteiger charge is 2.08. The normalized spacial score (nSPS) is 9.85. The molecule has 3 nitrogen and oxygen atoms in total. The molecule has 0 unspecified atom stereocenters. The lowest BCUT2D eigenvalue weighted by atomic mass is 10.2. The molecular formula is C9H12BrNO2. The van der Waals surface area contributed by atoms with Crippen LogP contribution in [0.3, 0.4) is 0 Å². The number of halogens is 1. The smallest absolute Gasteiger partial charge is 0.128 e. The molecule has 4 heteroatoms. The maximum atomic E-state index is 5.57. The molecule has 0 saturated heterocycles. The Morgan fingerprint density at radius 3 is 2.46 bits per heavy atom. The number of methoxy groups -OCH3 is 2. The molecule has 1 aromatic carbocycles. The monoisotopic (exact) mass is 245 g/mol. The molecule has 2 N–H and O–H groups in total. The summed E-state index contributed by atoms with van der Waals surface area (Å²) >= 11 is 3.40. The quantitative estimate of drug-likeness (QED) is 0.886. The number of hydrogen-bond acceptors (Lipinski definition) is 3. The Labute approximate surface area is 86.0 Å². The van der Waals surface area contributed by atoms with Crippen LogP contribution in [0, 0.1) is 0 Å². The van der Waals surface area contributed by atoms with Gasteiger partial charge >= 0.3 is 0 Å². The topological polar surface area (TPSA) is 44.5 Å². The van der Waals surface area contributed by atoms with Crippen molar-refractivity contribution in [2.24, 2.45) is 5.73 Å². The van der Waals surface area contributed by atoms with Crippen molar-refractivity contribution in [1.82, 2.24) is 0 Å². The summed E-state index contributed by atoms with van der Waals surface area (Å²) in [5.41, 5.74) is 6.52. The highest BCUT2D eigenvalue weighted by atomic mass is 79.9. The first-order chi connectivity index (χ1) is 6.22. The lowest BCUT2D eigenvalue weighted by molar-refractivity contribution is 0.390. The van der Waals surface area contributed by atoms with Gasteiger partial charge in [-0.05, 0) is 6.07 Å². The third kappa shape index (κ3) is 2.14. The SMILES string of the molecule is COc1cc(Br)c(CN)c(OC)c1. The second kappa shape index (κ2) is 4.48. The molecule has 0 bridgehead atoms. The number of rotatable bonds is 3. The largest absolute Gasteiger partial charge is 0.497 e. The van der Waals surface area contributed by atoms with Crippen molar-refractivity contribution in [2.45, 2.75) is 6.54 Å². The molecule has 13 heavy (non-hydrogen) atoms. The van der Waals surface area contributed by atoms with Crippen molar-refractivity contribution < 1.29 is 9.47 Å². The van der Waals surface area contributed by atoms with E-state index in [4.69, 9.17) is 15.2 Å². The zero-order chi connectivity index (χ0) is 9.84. The van der Waals surface area contributed by atoms with Gasteiger partial charge in [0.05, 0.1) is 14.2 Å².